The summed E-state index contributed by atoms with van der Waals surface area (Å²) in [5.74, 6) is 0.991. The average Bonchev–Trinajstić information content (AvgIpc) is 2.71. The second-order valence-corrected chi connectivity index (χ2v) is 3.23. The molecule has 0 aliphatic rings. The van der Waals surface area contributed by atoms with Crippen LogP contribution in [0.25, 0.3) is 11.6 Å². The lowest BCUT2D eigenvalue weighted by atomic mass is 10.4. The molecule has 7 heteroatoms. The summed E-state index contributed by atoms with van der Waals surface area (Å²) in [6.45, 7) is 0. The average molecular weight is 259 g/mol. The Labute approximate surface area is 88.0 Å². The minimum atomic E-state index is 0.331. The standard InChI is InChI=1S/C7H7BrN4O2/c1-12-5(13-2)3-4(11-12)6-9-10-7(8)14-6/h3H,1-2H3. The van der Waals surface area contributed by atoms with Gasteiger partial charge in [-0.2, -0.15) is 5.10 Å². The normalized spacial score (nSPS) is 10.5. The van der Waals surface area contributed by atoms with Crippen molar-refractivity contribution >= 4 is 15.9 Å². The third-order valence-corrected chi connectivity index (χ3v) is 1.99. The molecule has 0 unspecified atom stereocenters. The predicted molar refractivity (Wildman–Crippen MR) is 50.8 cm³/mol. The summed E-state index contributed by atoms with van der Waals surface area (Å²) < 4.78 is 11.8. The molecule has 2 rings (SSSR count). The van der Waals surface area contributed by atoms with E-state index in [0.717, 1.165) is 0 Å². The zero-order valence-corrected chi connectivity index (χ0v) is 9.15. The van der Waals surface area contributed by atoms with Crippen molar-refractivity contribution < 1.29 is 9.15 Å². The van der Waals surface area contributed by atoms with Gasteiger partial charge in [0.15, 0.2) is 5.69 Å². The summed E-state index contributed by atoms with van der Waals surface area (Å²) in [7, 11) is 3.35. The Balaban J connectivity index is 2.42. The molecule has 0 aromatic carbocycles. The molecular formula is C7H7BrN4O2. The van der Waals surface area contributed by atoms with Crippen LogP contribution in [0.15, 0.2) is 15.3 Å². The van der Waals surface area contributed by atoms with Crippen molar-refractivity contribution in [2.24, 2.45) is 7.05 Å². The Morgan fingerprint density at radius 3 is 2.79 bits per heavy atom. The predicted octanol–water partition coefficient (Wildman–Crippen LogP) is 1.24. The lowest BCUT2D eigenvalue weighted by molar-refractivity contribution is 0.373. The molecule has 2 aromatic rings. The van der Waals surface area contributed by atoms with Gasteiger partial charge in [0, 0.05) is 29.0 Å². The van der Waals surface area contributed by atoms with Gasteiger partial charge >= 0.3 is 0 Å². The maximum absolute atomic E-state index is 5.15. The Morgan fingerprint density at radius 1 is 1.50 bits per heavy atom. The van der Waals surface area contributed by atoms with E-state index in [1.54, 1.807) is 24.9 Å². The first-order valence-corrected chi connectivity index (χ1v) is 4.57. The van der Waals surface area contributed by atoms with E-state index < -0.39 is 0 Å². The maximum atomic E-state index is 5.15. The third kappa shape index (κ3) is 1.50. The molecule has 0 amide bonds. The van der Waals surface area contributed by atoms with Crippen LogP contribution in [0, 0.1) is 0 Å². The molecule has 0 aliphatic heterocycles. The van der Waals surface area contributed by atoms with Crippen LogP contribution in [0.5, 0.6) is 5.88 Å². The van der Waals surface area contributed by atoms with Gasteiger partial charge in [-0.25, -0.2) is 4.68 Å². The molecule has 0 bridgehead atoms. The molecule has 0 saturated heterocycles. The van der Waals surface area contributed by atoms with E-state index >= 15 is 0 Å². The second-order valence-electron chi connectivity index (χ2n) is 2.56. The van der Waals surface area contributed by atoms with Crippen LogP contribution in [0.2, 0.25) is 0 Å². The molecule has 0 spiro atoms. The fraction of sp³-hybridized carbons (Fsp3) is 0.286. The quantitative estimate of drug-likeness (QED) is 0.811. The van der Waals surface area contributed by atoms with E-state index in [1.807, 2.05) is 0 Å². The topological polar surface area (TPSA) is 66.0 Å². The second kappa shape index (κ2) is 3.41. The molecule has 2 heterocycles. The van der Waals surface area contributed by atoms with E-state index in [4.69, 9.17) is 9.15 Å². The first-order valence-electron chi connectivity index (χ1n) is 3.78. The highest BCUT2D eigenvalue weighted by Crippen LogP contribution is 2.22. The highest BCUT2D eigenvalue weighted by Gasteiger charge is 2.12. The number of aromatic nitrogens is 4. The SMILES string of the molecule is COc1cc(-c2nnc(Br)o2)nn1C. The van der Waals surface area contributed by atoms with Crippen LogP contribution in [0.3, 0.4) is 0 Å². The first kappa shape index (κ1) is 9.20. The third-order valence-electron chi connectivity index (χ3n) is 1.67. The van der Waals surface area contributed by atoms with Gasteiger partial charge in [0.1, 0.15) is 0 Å². The molecule has 0 atom stereocenters. The van der Waals surface area contributed by atoms with Crippen LogP contribution in [0.1, 0.15) is 0 Å². The van der Waals surface area contributed by atoms with Crippen molar-refractivity contribution in [3.8, 4) is 17.5 Å². The first-order chi connectivity index (χ1) is 6.70. The Morgan fingerprint density at radius 2 is 2.29 bits per heavy atom. The minimum absolute atomic E-state index is 0.331. The number of ether oxygens (including phenoxy) is 1. The Bertz CT molecular complexity index is 450. The molecule has 0 N–H and O–H groups in total. The minimum Gasteiger partial charge on any atom is -0.481 e. The van der Waals surface area contributed by atoms with E-state index in [2.05, 4.69) is 31.2 Å². The number of hydrogen-bond acceptors (Lipinski definition) is 5. The van der Waals surface area contributed by atoms with Crippen molar-refractivity contribution in [2.45, 2.75) is 0 Å². The highest BCUT2D eigenvalue weighted by molar-refractivity contribution is 9.10. The lowest BCUT2D eigenvalue weighted by Crippen LogP contribution is -1.94. The Hall–Kier alpha value is -1.37. The van der Waals surface area contributed by atoms with Gasteiger partial charge in [-0.05, 0) is 0 Å². The Kier molecular flexibility index (Phi) is 2.24. The smallest absolute Gasteiger partial charge is 0.285 e. The van der Waals surface area contributed by atoms with Gasteiger partial charge in [0.05, 0.1) is 7.11 Å². The number of aryl methyl sites for hydroxylation is 1. The van der Waals surface area contributed by atoms with Gasteiger partial charge in [0.2, 0.25) is 5.88 Å². The van der Waals surface area contributed by atoms with E-state index in [1.165, 1.54) is 0 Å². The van der Waals surface area contributed by atoms with Gasteiger partial charge in [-0.3, -0.25) is 0 Å². The zero-order valence-electron chi connectivity index (χ0n) is 7.56. The van der Waals surface area contributed by atoms with Gasteiger partial charge in [-0.15, -0.1) is 10.2 Å². The number of nitrogens with zero attached hydrogens (tertiary/aromatic N) is 4. The summed E-state index contributed by atoms with van der Waals surface area (Å²) in [6, 6.07) is 1.72. The number of hydrogen-bond donors (Lipinski definition) is 0. The molecule has 0 radical (unpaired) electrons. The largest absolute Gasteiger partial charge is 0.481 e. The van der Waals surface area contributed by atoms with Crippen LogP contribution >= 0.6 is 15.9 Å². The van der Waals surface area contributed by atoms with Crippen molar-refractivity contribution in [3.05, 3.63) is 10.9 Å². The molecule has 0 aliphatic carbocycles. The molecule has 6 nitrogen and oxygen atoms in total. The summed E-state index contributed by atoms with van der Waals surface area (Å²) in [4.78, 5) is 0.331. The molecular weight excluding hydrogens is 252 g/mol. The summed E-state index contributed by atoms with van der Waals surface area (Å²) in [6.07, 6.45) is 0. The van der Waals surface area contributed by atoms with Crippen LogP contribution in [-0.4, -0.2) is 27.1 Å². The van der Waals surface area contributed by atoms with E-state index in [-0.39, 0.29) is 0 Å². The van der Waals surface area contributed by atoms with Crippen molar-refractivity contribution in [1.82, 2.24) is 20.0 Å². The summed E-state index contributed by atoms with van der Waals surface area (Å²) in [5.41, 5.74) is 0.586. The van der Waals surface area contributed by atoms with Gasteiger partial charge in [0.25, 0.3) is 10.7 Å². The maximum Gasteiger partial charge on any atom is 0.285 e. The fourth-order valence-electron chi connectivity index (χ4n) is 1.05. The number of halogens is 1. The molecule has 2 aromatic heterocycles. The fourth-order valence-corrected chi connectivity index (χ4v) is 1.29. The van der Waals surface area contributed by atoms with Gasteiger partial charge < -0.3 is 9.15 Å². The molecule has 74 valence electrons. The molecule has 14 heavy (non-hydrogen) atoms. The van der Waals surface area contributed by atoms with Gasteiger partial charge in [-0.1, -0.05) is 0 Å². The van der Waals surface area contributed by atoms with E-state index in [0.29, 0.717) is 22.3 Å². The summed E-state index contributed by atoms with van der Waals surface area (Å²) in [5, 5.41) is 11.6. The monoisotopic (exact) mass is 258 g/mol. The van der Waals surface area contributed by atoms with Crippen molar-refractivity contribution in [2.75, 3.05) is 7.11 Å². The summed E-state index contributed by atoms with van der Waals surface area (Å²) >= 11 is 3.07. The number of methoxy groups -OCH3 is 1. The highest BCUT2D eigenvalue weighted by atomic mass is 79.9. The van der Waals surface area contributed by atoms with Crippen LogP contribution in [-0.2, 0) is 7.05 Å². The van der Waals surface area contributed by atoms with Crippen LogP contribution < -0.4 is 4.74 Å². The lowest BCUT2D eigenvalue weighted by Gasteiger charge is -1.95. The molecule has 0 fully saturated rings. The zero-order chi connectivity index (χ0) is 10.1. The number of rotatable bonds is 2. The van der Waals surface area contributed by atoms with Crippen LogP contribution in [0.4, 0.5) is 0 Å². The van der Waals surface area contributed by atoms with Crippen molar-refractivity contribution in [3.63, 3.8) is 0 Å². The van der Waals surface area contributed by atoms with Crippen molar-refractivity contribution in [1.29, 1.82) is 0 Å². The van der Waals surface area contributed by atoms with E-state index in [9.17, 15) is 0 Å². The molecule has 0 saturated carbocycles.